The van der Waals surface area contributed by atoms with E-state index in [9.17, 15) is 4.79 Å². The van der Waals surface area contributed by atoms with Gasteiger partial charge < -0.3 is 15.3 Å². The fourth-order valence-corrected chi connectivity index (χ4v) is 4.73. The molecule has 2 aliphatic heterocycles. The number of nitrogens with two attached hydrogens (primary N) is 1. The number of hydrogen-bond acceptors (Lipinski definition) is 3. The Bertz CT molecular complexity index is 996. The van der Waals surface area contributed by atoms with Gasteiger partial charge in [0, 0.05) is 0 Å². The maximum atomic E-state index is 12.2. The number of carbonyl (C=O) groups is 1. The number of ketones is 1. The van der Waals surface area contributed by atoms with E-state index >= 15 is 0 Å². The first-order chi connectivity index (χ1) is 13.2. The zero-order valence-electron chi connectivity index (χ0n) is 15.1. The molecule has 0 atom stereocenters. The van der Waals surface area contributed by atoms with E-state index in [1.807, 2.05) is 36.4 Å². The molecule has 2 heterocycles. The monoisotopic (exact) mass is 434 g/mol. The molecule has 2 aromatic rings. The predicted octanol–water partition coefficient (Wildman–Crippen LogP) is 1.02. The molecule has 0 saturated carbocycles. The van der Waals surface area contributed by atoms with Gasteiger partial charge in [0.25, 0.3) is 3.79 Å². The van der Waals surface area contributed by atoms with Crippen LogP contribution in [0.1, 0.15) is 18.1 Å². The Morgan fingerprint density at radius 3 is 2.00 bits per heavy atom. The molecule has 0 radical (unpaired) electrons. The SMILES string of the molecule is CC(=O)C1=C(N)O[B-]2([NH+]=C1C(Cl)(Cl)Cl)c1ccccc1CCc1ccccc12. The summed E-state index contributed by atoms with van der Waals surface area (Å²) in [5, 5.41) is 0. The average Bonchev–Trinajstić information content (AvgIpc) is 2.77. The van der Waals surface area contributed by atoms with E-state index in [1.54, 1.807) is 0 Å². The number of aryl methyl sites for hydroxylation is 2. The molecular weight excluding hydrogens is 417 g/mol. The molecule has 4 nitrogen and oxygen atoms in total. The van der Waals surface area contributed by atoms with E-state index in [2.05, 4.69) is 17.0 Å². The fraction of sp³-hybridized carbons (Fsp3) is 0.200. The summed E-state index contributed by atoms with van der Waals surface area (Å²) in [5.41, 5.74) is 10.6. The molecule has 2 aliphatic rings. The number of benzene rings is 2. The Kier molecular flexibility index (Phi) is 4.73. The molecule has 0 aliphatic carbocycles. The van der Waals surface area contributed by atoms with Gasteiger partial charge in [-0.05, 0) is 19.8 Å². The molecule has 1 spiro atoms. The molecule has 28 heavy (non-hydrogen) atoms. The summed E-state index contributed by atoms with van der Waals surface area (Å²) in [6, 6.07) is 16.0. The van der Waals surface area contributed by atoms with Gasteiger partial charge in [-0.2, -0.15) is 0 Å². The van der Waals surface area contributed by atoms with Gasteiger partial charge in [-0.15, -0.1) is 0 Å². The number of Topliss-reactive ketones (excluding diaryl/α,β-unsaturated/α-hetero) is 1. The van der Waals surface area contributed by atoms with Gasteiger partial charge in [0.05, 0.1) is 0 Å². The molecule has 2 aromatic carbocycles. The van der Waals surface area contributed by atoms with E-state index in [4.69, 9.17) is 45.2 Å². The predicted molar refractivity (Wildman–Crippen MR) is 115 cm³/mol. The lowest BCUT2D eigenvalue weighted by molar-refractivity contribution is -0.324. The van der Waals surface area contributed by atoms with Gasteiger partial charge >= 0.3 is 6.48 Å². The van der Waals surface area contributed by atoms with Crippen LogP contribution in [0.2, 0.25) is 0 Å². The number of allylic oxidation sites excluding steroid dienone is 1. The van der Waals surface area contributed by atoms with Crippen LogP contribution in [0.15, 0.2) is 60.0 Å². The first kappa shape index (κ1) is 19.4. The van der Waals surface area contributed by atoms with Crippen LogP contribution in [0.25, 0.3) is 0 Å². The van der Waals surface area contributed by atoms with Crippen molar-refractivity contribution < 1.29 is 14.4 Å². The summed E-state index contributed by atoms with van der Waals surface area (Å²) >= 11 is 18.8. The van der Waals surface area contributed by atoms with Gasteiger partial charge in [-0.3, -0.25) is 4.79 Å². The summed E-state index contributed by atoms with van der Waals surface area (Å²) in [4.78, 5) is 15.6. The molecule has 4 rings (SSSR count). The van der Waals surface area contributed by atoms with Crippen LogP contribution < -0.4 is 21.6 Å². The average molecular weight is 436 g/mol. The largest absolute Gasteiger partial charge is 0.639 e. The summed E-state index contributed by atoms with van der Waals surface area (Å²) in [6.07, 6.45) is 1.68. The minimum Gasteiger partial charge on any atom is -0.639 e. The van der Waals surface area contributed by atoms with E-state index in [-0.39, 0.29) is 23.0 Å². The van der Waals surface area contributed by atoms with Crippen molar-refractivity contribution in [1.29, 1.82) is 0 Å². The highest BCUT2D eigenvalue weighted by Crippen LogP contribution is 2.32. The Hall–Kier alpha value is -1.95. The molecule has 0 amide bonds. The van der Waals surface area contributed by atoms with Crippen molar-refractivity contribution in [3.05, 3.63) is 71.1 Å². The third-order valence-electron chi connectivity index (χ3n) is 5.43. The van der Waals surface area contributed by atoms with Crippen LogP contribution in [-0.2, 0) is 22.3 Å². The lowest BCUT2D eigenvalue weighted by atomic mass is 9.40. The van der Waals surface area contributed by atoms with Crippen molar-refractivity contribution in [3.63, 3.8) is 0 Å². The highest BCUT2D eigenvalue weighted by molar-refractivity contribution is 6.92. The smallest absolute Gasteiger partial charge is 0.508 e. The van der Waals surface area contributed by atoms with Gasteiger partial charge in [0.1, 0.15) is 5.57 Å². The van der Waals surface area contributed by atoms with Crippen molar-refractivity contribution in [3.8, 4) is 0 Å². The topological polar surface area (TPSA) is 66.3 Å². The van der Waals surface area contributed by atoms with Crippen molar-refractivity contribution in [1.82, 2.24) is 0 Å². The molecule has 0 fully saturated rings. The molecule has 3 N–H and O–H groups in total. The highest BCUT2D eigenvalue weighted by Gasteiger charge is 2.52. The molecule has 8 heteroatoms. The molecule has 144 valence electrons. The van der Waals surface area contributed by atoms with Gasteiger partial charge in [-0.25, -0.2) is 0 Å². The number of nitrogens with one attached hydrogen (secondary N) is 1. The van der Waals surface area contributed by atoms with Gasteiger partial charge in [0.2, 0.25) is 0 Å². The van der Waals surface area contributed by atoms with Crippen LogP contribution in [0.3, 0.4) is 0 Å². The number of alkyl halides is 3. The summed E-state index contributed by atoms with van der Waals surface area (Å²) < 4.78 is 4.46. The Morgan fingerprint density at radius 2 is 1.54 bits per heavy atom. The third kappa shape index (κ3) is 3.02. The normalized spacial score (nSPS) is 17.9. The Morgan fingerprint density at radius 1 is 1.04 bits per heavy atom. The third-order valence-corrected chi connectivity index (χ3v) is 6.00. The first-order valence-corrected chi connectivity index (χ1v) is 10.1. The Balaban J connectivity index is 2.09. The number of carbonyl (C=O) groups excluding carboxylic acids is 1. The van der Waals surface area contributed by atoms with Crippen LogP contribution >= 0.6 is 34.8 Å². The van der Waals surface area contributed by atoms with E-state index in [1.165, 1.54) is 6.92 Å². The van der Waals surface area contributed by atoms with Gasteiger partial charge in [-0.1, -0.05) is 105 Å². The van der Waals surface area contributed by atoms with Crippen molar-refractivity contribution in [2.45, 2.75) is 23.6 Å². The fourth-order valence-electron chi connectivity index (χ4n) is 4.29. The maximum Gasteiger partial charge on any atom is 0.508 e. The summed E-state index contributed by atoms with van der Waals surface area (Å²) in [6.45, 7) is -0.719. The van der Waals surface area contributed by atoms with E-state index < -0.39 is 10.3 Å². The minimum atomic E-state index is -2.08. The second-order valence-corrected chi connectivity index (χ2v) is 9.40. The minimum absolute atomic E-state index is 0.0425. The van der Waals surface area contributed by atoms with Crippen LogP contribution in [0, 0.1) is 0 Å². The Labute approximate surface area is 178 Å². The molecule has 0 bridgehead atoms. The van der Waals surface area contributed by atoms with Crippen molar-refractivity contribution in [2.24, 2.45) is 5.73 Å². The summed E-state index contributed by atoms with van der Waals surface area (Å²) in [5.74, 6) is -0.383. The highest BCUT2D eigenvalue weighted by atomic mass is 35.6. The second-order valence-electron chi connectivity index (χ2n) is 7.11. The van der Waals surface area contributed by atoms with E-state index in [0.29, 0.717) is 0 Å². The van der Waals surface area contributed by atoms with E-state index in [0.717, 1.165) is 34.9 Å². The quantitative estimate of drug-likeness (QED) is 0.519. The van der Waals surface area contributed by atoms with Crippen LogP contribution in [0.4, 0.5) is 0 Å². The lowest BCUT2D eigenvalue weighted by Gasteiger charge is -2.39. The maximum absolute atomic E-state index is 12.2. The van der Waals surface area contributed by atoms with Gasteiger partial charge in [0.15, 0.2) is 17.4 Å². The van der Waals surface area contributed by atoms with Crippen molar-refractivity contribution >= 4 is 63.7 Å². The molecule has 0 saturated heterocycles. The summed E-state index contributed by atoms with van der Waals surface area (Å²) in [7, 11) is 0. The molecular formula is C20H18BCl3N2O2. The lowest BCUT2D eigenvalue weighted by Crippen LogP contribution is -3.03. The number of hydrogen-bond donors (Lipinski definition) is 2. The second kappa shape index (κ2) is 6.84. The number of rotatable bonds is 1. The van der Waals surface area contributed by atoms with Crippen LogP contribution in [-0.4, -0.2) is 21.8 Å². The van der Waals surface area contributed by atoms with Crippen molar-refractivity contribution in [2.75, 3.05) is 0 Å². The zero-order chi connectivity index (χ0) is 20.1. The zero-order valence-corrected chi connectivity index (χ0v) is 17.4. The number of halogens is 3. The van der Waals surface area contributed by atoms with Crippen LogP contribution in [0.5, 0.6) is 0 Å². The number of fused-ring (bicyclic) bond motifs is 4. The standard InChI is InChI=1S/C20H18BCl3N2O2/c1-12(27)17-18(20(22,23)24)26-21(28-19(17)25)15-8-4-2-6-13(15)10-11-14-7-3-5-9-16(14)21/h2-9,26H,10-11,25H2,1H3. The molecule has 0 aromatic heterocycles. The first-order valence-electron chi connectivity index (χ1n) is 8.98. The molecule has 0 unspecified atom stereocenters.